The van der Waals surface area contributed by atoms with Gasteiger partial charge >= 0.3 is 5.97 Å². The summed E-state index contributed by atoms with van der Waals surface area (Å²) in [7, 11) is 1.69. The number of aromatic nitrogens is 3. The fraction of sp³-hybridized carbons (Fsp3) is 0.278. The molecule has 2 heterocycles. The van der Waals surface area contributed by atoms with Gasteiger partial charge in [-0.1, -0.05) is 18.2 Å². The highest BCUT2D eigenvalue weighted by molar-refractivity contribution is 6.01. The van der Waals surface area contributed by atoms with Crippen molar-refractivity contribution in [1.82, 2.24) is 14.3 Å². The molecule has 1 aromatic carbocycles. The van der Waals surface area contributed by atoms with E-state index >= 15 is 0 Å². The lowest BCUT2D eigenvalue weighted by atomic mass is 10.3. The number of esters is 1. The van der Waals surface area contributed by atoms with E-state index in [0.717, 1.165) is 0 Å². The summed E-state index contributed by atoms with van der Waals surface area (Å²) in [5.41, 5.74) is 1.02. The van der Waals surface area contributed by atoms with Crippen LogP contribution in [0, 0.1) is 0 Å². The largest absolute Gasteiger partial charge is 0.490 e. The maximum atomic E-state index is 13.0. The average molecular weight is 341 g/mol. The van der Waals surface area contributed by atoms with Crippen molar-refractivity contribution in [3.63, 3.8) is 0 Å². The van der Waals surface area contributed by atoms with Crippen LogP contribution in [0.4, 0.5) is 0 Å². The number of hydrogen-bond acceptors (Lipinski definition) is 5. The Kier molecular flexibility index (Phi) is 4.56. The molecule has 25 heavy (non-hydrogen) atoms. The van der Waals surface area contributed by atoms with Crippen LogP contribution < -0.4 is 10.3 Å². The Morgan fingerprint density at radius 2 is 1.88 bits per heavy atom. The zero-order valence-electron chi connectivity index (χ0n) is 14.4. The third-order valence-corrected chi connectivity index (χ3v) is 3.85. The van der Waals surface area contributed by atoms with Gasteiger partial charge in [-0.05, 0) is 26.0 Å². The third-order valence-electron chi connectivity index (χ3n) is 3.85. The normalized spacial score (nSPS) is 10.8. The lowest BCUT2D eigenvalue weighted by molar-refractivity contribution is 0.0511. The molecule has 2 aromatic heterocycles. The summed E-state index contributed by atoms with van der Waals surface area (Å²) >= 11 is 0. The minimum Gasteiger partial charge on any atom is -0.490 e. The Morgan fingerprint density at radius 3 is 2.52 bits per heavy atom. The Labute approximate surface area is 144 Å². The predicted molar refractivity (Wildman–Crippen MR) is 93.4 cm³/mol. The molecule has 0 spiro atoms. The van der Waals surface area contributed by atoms with E-state index in [0.29, 0.717) is 23.2 Å². The van der Waals surface area contributed by atoms with E-state index in [4.69, 9.17) is 9.47 Å². The van der Waals surface area contributed by atoms with Gasteiger partial charge in [0.2, 0.25) is 0 Å². The second-order valence-electron chi connectivity index (χ2n) is 5.35. The molecule has 0 N–H and O–H groups in total. The number of carbonyl (C=O) groups is 1. The van der Waals surface area contributed by atoms with Gasteiger partial charge in [-0.25, -0.2) is 4.79 Å². The number of aryl methyl sites for hydroxylation is 1. The maximum absolute atomic E-state index is 13.0. The maximum Gasteiger partial charge on any atom is 0.358 e. The molecule has 7 nitrogen and oxygen atoms in total. The quantitative estimate of drug-likeness (QED) is 0.666. The molecule has 0 saturated heterocycles. The van der Waals surface area contributed by atoms with Gasteiger partial charge in [0.15, 0.2) is 11.4 Å². The van der Waals surface area contributed by atoms with Crippen LogP contribution in [0.15, 0.2) is 41.3 Å². The number of rotatable bonds is 5. The fourth-order valence-electron chi connectivity index (χ4n) is 2.77. The molecule has 0 unspecified atom stereocenters. The molecule has 3 aromatic rings. The monoisotopic (exact) mass is 341 g/mol. The van der Waals surface area contributed by atoms with Gasteiger partial charge in [0.25, 0.3) is 5.56 Å². The van der Waals surface area contributed by atoms with Gasteiger partial charge < -0.3 is 14.0 Å². The molecule has 0 bridgehead atoms. The van der Waals surface area contributed by atoms with Crippen LogP contribution in [-0.4, -0.2) is 33.5 Å². The number of benzene rings is 1. The molecule has 0 aliphatic rings. The van der Waals surface area contributed by atoms with Crippen LogP contribution in [-0.2, 0) is 11.8 Å². The Morgan fingerprint density at radius 1 is 1.16 bits per heavy atom. The van der Waals surface area contributed by atoms with Crippen molar-refractivity contribution < 1.29 is 14.3 Å². The molecule has 130 valence electrons. The van der Waals surface area contributed by atoms with Crippen molar-refractivity contribution in [3.05, 3.63) is 52.6 Å². The molecule has 0 aliphatic carbocycles. The van der Waals surface area contributed by atoms with E-state index in [2.05, 4.69) is 5.10 Å². The Hall–Kier alpha value is -3.09. The van der Waals surface area contributed by atoms with Crippen molar-refractivity contribution >= 4 is 16.9 Å². The Bertz CT molecular complexity index is 973. The first-order valence-electron chi connectivity index (χ1n) is 8.06. The number of fused-ring (bicyclic) bond motifs is 1. The number of nitrogens with zero attached hydrogens (tertiary/aromatic N) is 3. The Balaban J connectivity index is 2.32. The predicted octanol–water partition coefficient (Wildman–Crippen LogP) is 2.30. The highest BCUT2D eigenvalue weighted by Crippen LogP contribution is 2.30. The first-order valence-corrected chi connectivity index (χ1v) is 8.06. The van der Waals surface area contributed by atoms with E-state index in [-0.39, 0.29) is 23.6 Å². The summed E-state index contributed by atoms with van der Waals surface area (Å²) in [4.78, 5) is 25.4. The molecule has 3 rings (SSSR count). The molecule has 7 heteroatoms. The van der Waals surface area contributed by atoms with Gasteiger partial charge in [0, 0.05) is 7.05 Å². The van der Waals surface area contributed by atoms with Crippen LogP contribution >= 0.6 is 0 Å². The van der Waals surface area contributed by atoms with Crippen molar-refractivity contribution in [1.29, 1.82) is 0 Å². The van der Waals surface area contributed by atoms with Crippen LogP contribution in [0.3, 0.4) is 0 Å². The third kappa shape index (κ3) is 2.77. The van der Waals surface area contributed by atoms with E-state index in [9.17, 15) is 9.59 Å². The van der Waals surface area contributed by atoms with Crippen LogP contribution in [0.5, 0.6) is 5.75 Å². The molecule has 0 amide bonds. The van der Waals surface area contributed by atoms with Gasteiger partial charge in [0.05, 0.1) is 30.6 Å². The van der Waals surface area contributed by atoms with E-state index in [1.165, 1.54) is 4.68 Å². The molecular weight excluding hydrogens is 322 g/mol. The van der Waals surface area contributed by atoms with Crippen molar-refractivity contribution in [2.75, 3.05) is 13.2 Å². The number of para-hydroxylation sites is 1. The SMILES string of the molecule is CCOC(=O)c1c(OCC)c2c(=O)n(-c3ccccc3)ncc2n1C. The molecule has 0 fully saturated rings. The molecule has 0 atom stereocenters. The summed E-state index contributed by atoms with van der Waals surface area (Å²) in [6, 6.07) is 9.09. The number of carbonyl (C=O) groups excluding carboxylic acids is 1. The van der Waals surface area contributed by atoms with E-state index in [1.807, 2.05) is 18.2 Å². The first-order chi connectivity index (χ1) is 12.1. The zero-order chi connectivity index (χ0) is 18.0. The van der Waals surface area contributed by atoms with E-state index < -0.39 is 5.97 Å². The molecular formula is C18H19N3O4. The first kappa shape index (κ1) is 16.8. The second-order valence-corrected chi connectivity index (χ2v) is 5.35. The van der Waals surface area contributed by atoms with Gasteiger partial charge in [-0.15, -0.1) is 0 Å². The van der Waals surface area contributed by atoms with Crippen LogP contribution in [0.2, 0.25) is 0 Å². The standard InChI is InChI=1S/C18H19N3O4/c1-4-24-16-14-13(20(3)15(16)18(23)25-5-2)11-19-21(17(14)22)12-9-7-6-8-10-12/h6-11H,4-5H2,1-3H3. The highest BCUT2D eigenvalue weighted by atomic mass is 16.5. The summed E-state index contributed by atoms with van der Waals surface area (Å²) in [5.74, 6) is -0.300. The lowest BCUT2D eigenvalue weighted by Crippen LogP contribution is -2.21. The van der Waals surface area contributed by atoms with E-state index in [1.54, 1.807) is 43.8 Å². The zero-order valence-corrected chi connectivity index (χ0v) is 14.4. The van der Waals surface area contributed by atoms with Gasteiger partial charge in [-0.3, -0.25) is 4.79 Å². The minimum atomic E-state index is -0.532. The highest BCUT2D eigenvalue weighted by Gasteiger charge is 2.26. The summed E-state index contributed by atoms with van der Waals surface area (Å²) in [6.07, 6.45) is 1.55. The molecule has 0 aliphatic heterocycles. The second kappa shape index (κ2) is 6.80. The summed E-state index contributed by atoms with van der Waals surface area (Å²) < 4.78 is 13.6. The lowest BCUT2D eigenvalue weighted by Gasteiger charge is -2.07. The fourth-order valence-corrected chi connectivity index (χ4v) is 2.77. The minimum absolute atomic E-state index is 0.211. The van der Waals surface area contributed by atoms with Crippen LogP contribution in [0.25, 0.3) is 16.6 Å². The summed E-state index contributed by atoms with van der Waals surface area (Å²) in [5, 5.41) is 4.54. The smallest absolute Gasteiger partial charge is 0.358 e. The molecule has 0 saturated carbocycles. The number of hydrogen-bond donors (Lipinski definition) is 0. The van der Waals surface area contributed by atoms with Crippen molar-refractivity contribution in [2.24, 2.45) is 7.05 Å². The van der Waals surface area contributed by atoms with Crippen molar-refractivity contribution in [3.8, 4) is 11.4 Å². The molecule has 0 radical (unpaired) electrons. The van der Waals surface area contributed by atoms with Crippen LogP contribution in [0.1, 0.15) is 24.3 Å². The van der Waals surface area contributed by atoms with Gasteiger partial charge in [0.1, 0.15) is 5.39 Å². The van der Waals surface area contributed by atoms with Gasteiger partial charge in [-0.2, -0.15) is 9.78 Å². The van der Waals surface area contributed by atoms with Crippen molar-refractivity contribution in [2.45, 2.75) is 13.8 Å². The number of ether oxygens (including phenoxy) is 2. The summed E-state index contributed by atoms with van der Waals surface area (Å²) in [6.45, 7) is 4.08. The topological polar surface area (TPSA) is 75.3 Å². The average Bonchev–Trinajstić information content (AvgIpc) is 2.89.